The largest absolute Gasteiger partial charge is 0.310 e. The molecule has 3 heterocycles. The summed E-state index contributed by atoms with van der Waals surface area (Å²) in [6.07, 6.45) is 2.33. The highest BCUT2D eigenvalue weighted by molar-refractivity contribution is 7.33. The standard InChI is InChI=1S/C60H59BN2S/c1-37(2)41-24-29-53-46(34-41)56-57(64-53)61-49-35-47-48(60(9,10)31-30-59(47,7)8)36-50(49)63(55-44(39-18-13-11-14-19-39)22-17-23-45(55)40-20-15-12-16-21-40)52-33-38(3)32-51(54(52)61)62(56)43-27-25-42(26-28-43)58(4,5)6/h11-29,32-37H,30-31H2,1-10H3. The van der Waals surface area contributed by atoms with Gasteiger partial charge in [-0.15, -0.1) is 11.3 Å². The summed E-state index contributed by atoms with van der Waals surface area (Å²) in [6, 6.07) is 56.1. The molecule has 3 aliphatic rings. The van der Waals surface area contributed by atoms with Crippen molar-refractivity contribution >= 4 is 78.0 Å². The molecular formula is C60H59BN2S. The molecule has 2 nitrogen and oxygen atoms in total. The van der Waals surface area contributed by atoms with Crippen LogP contribution in [0.4, 0.5) is 34.1 Å². The second-order valence-corrected chi connectivity index (χ2v) is 22.6. The van der Waals surface area contributed by atoms with Gasteiger partial charge in [0.15, 0.2) is 0 Å². The van der Waals surface area contributed by atoms with E-state index in [0.29, 0.717) is 5.92 Å². The molecule has 11 rings (SSSR count). The lowest BCUT2D eigenvalue weighted by atomic mass is 9.35. The summed E-state index contributed by atoms with van der Waals surface area (Å²) < 4.78 is 2.78. The molecule has 7 aromatic carbocycles. The fourth-order valence-electron chi connectivity index (χ4n) is 11.2. The summed E-state index contributed by atoms with van der Waals surface area (Å²) in [5.41, 5.74) is 22.4. The number of anilines is 6. The molecule has 0 unspecified atom stereocenters. The first-order valence-corrected chi connectivity index (χ1v) is 24.3. The van der Waals surface area contributed by atoms with Crippen LogP contribution < -0.4 is 25.5 Å². The minimum atomic E-state index is 0.0312. The first-order chi connectivity index (χ1) is 30.6. The Morgan fingerprint density at radius 2 is 1.17 bits per heavy atom. The number of aryl methyl sites for hydroxylation is 1. The average molecular weight is 851 g/mol. The van der Waals surface area contributed by atoms with Gasteiger partial charge < -0.3 is 9.80 Å². The highest BCUT2D eigenvalue weighted by Crippen LogP contribution is 2.54. The number of para-hydroxylation sites is 1. The molecule has 318 valence electrons. The zero-order valence-corrected chi connectivity index (χ0v) is 40.0. The van der Waals surface area contributed by atoms with Crippen LogP contribution in [0.15, 0.2) is 146 Å². The van der Waals surface area contributed by atoms with Crippen LogP contribution in [0.2, 0.25) is 0 Å². The Balaban J connectivity index is 1.30. The lowest BCUT2D eigenvalue weighted by Crippen LogP contribution is -2.61. The summed E-state index contributed by atoms with van der Waals surface area (Å²) in [7, 11) is 0. The number of hydrogen-bond acceptors (Lipinski definition) is 3. The van der Waals surface area contributed by atoms with E-state index >= 15 is 0 Å². The summed E-state index contributed by atoms with van der Waals surface area (Å²) in [4.78, 5) is 5.35. The Bertz CT molecular complexity index is 3070. The fraction of sp³-hybridized carbons (Fsp3) is 0.267. The molecule has 0 N–H and O–H groups in total. The van der Waals surface area contributed by atoms with Gasteiger partial charge in [0, 0.05) is 48.7 Å². The Kier molecular flexibility index (Phi) is 9.33. The van der Waals surface area contributed by atoms with Gasteiger partial charge in [0.25, 0.3) is 6.71 Å². The minimum Gasteiger partial charge on any atom is -0.310 e. The third-order valence-corrected chi connectivity index (χ3v) is 16.1. The van der Waals surface area contributed by atoms with Crippen LogP contribution in [0.3, 0.4) is 0 Å². The molecular weight excluding hydrogens is 792 g/mol. The fourth-order valence-corrected chi connectivity index (χ4v) is 12.5. The van der Waals surface area contributed by atoms with E-state index in [1.54, 1.807) is 0 Å². The molecule has 8 aromatic rings. The molecule has 0 radical (unpaired) electrons. The minimum absolute atomic E-state index is 0.0312. The van der Waals surface area contributed by atoms with Crippen LogP contribution in [0.5, 0.6) is 0 Å². The van der Waals surface area contributed by atoms with Crippen molar-refractivity contribution in [1.82, 2.24) is 0 Å². The molecule has 64 heavy (non-hydrogen) atoms. The zero-order valence-electron chi connectivity index (χ0n) is 39.2. The summed E-state index contributed by atoms with van der Waals surface area (Å²) in [5, 5.41) is 1.35. The van der Waals surface area contributed by atoms with Crippen LogP contribution in [0.1, 0.15) is 109 Å². The second kappa shape index (κ2) is 14.6. The molecule has 0 fully saturated rings. The summed E-state index contributed by atoms with van der Waals surface area (Å²) in [5.74, 6) is 0.425. The highest BCUT2D eigenvalue weighted by atomic mass is 32.1. The number of hydrogen-bond donors (Lipinski definition) is 0. The van der Waals surface area contributed by atoms with Gasteiger partial charge in [0.2, 0.25) is 0 Å². The van der Waals surface area contributed by atoms with Crippen molar-refractivity contribution in [1.29, 1.82) is 0 Å². The molecule has 0 saturated heterocycles. The van der Waals surface area contributed by atoms with Gasteiger partial charge in [-0.3, -0.25) is 0 Å². The Hall–Kier alpha value is -5.84. The van der Waals surface area contributed by atoms with Crippen LogP contribution in [-0.2, 0) is 16.2 Å². The Labute approximate surface area is 385 Å². The van der Waals surface area contributed by atoms with Gasteiger partial charge in [0.1, 0.15) is 0 Å². The van der Waals surface area contributed by atoms with Crippen molar-refractivity contribution in [2.24, 2.45) is 0 Å². The van der Waals surface area contributed by atoms with Crippen molar-refractivity contribution in [3.05, 3.63) is 173 Å². The van der Waals surface area contributed by atoms with Crippen molar-refractivity contribution in [3.8, 4) is 22.3 Å². The predicted octanol–water partition coefficient (Wildman–Crippen LogP) is 15.4. The average Bonchev–Trinajstić information content (AvgIpc) is 3.66. The lowest BCUT2D eigenvalue weighted by molar-refractivity contribution is 0.332. The van der Waals surface area contributed by atoms with E-state index in [1.807, 2.05) is 11.3 Å². The van der Waals surface area contributed by atoms with Crippen LogP contribution in [-0.4, -0.2) is 6.71 Å². The smallest absolute Gasteiger partial charge is 0.264 e. The molecule has 0 amide bonds. The molecule has 2 aliphatic heterocycles. The second-order valence-electron chi connectivity index (χ2n) is 21.5. The van der Waals surface area contributed by atoms with E-state index in [0.717, 1.165) is 6.42 Å². The Morgan fingerprint density at radius 1 is 0.594 bits per heavy atom. The van der Waals surface area contributed by atoms with Crippen LogP contribution in [0, 0.1) is 6.92 Å². The Morgan fingerprint density at radius 3 is 1.75 bits per heavy atom. The quantitative estimate of drug-likeness (QED) is 0.159. The topological polar surface area (TPSA) is 6.48 Å². The van der Waals surface area contributed by atoms with Gasteiger partial charge in [-0.05, 0) is 134 Å². The van der Waals surface area contributed by atoms with Crippen LogP contribution in [0.25, 0.3) is 32.3 Å². The first kappa shape index (κ1) is 40.9. The van der Waals surface area contributed by atoms with Gasteiger partial charge in [-0.25, -0.2) is 0 Å². The van der Waals surface area contributed by atoms with Gasteiger partial charge in [-0.2, -0.15) is 0 Å². The summed E-state index contributed by atoms with van der Waals surface area (Å²) in [6.45, 7) is 23.9. The van der Waals surface area contributed by atoms with Gasteiger partial charge >= 0.3 is 0 Å². The monoisotopic (exact) mass is 850 g/mol. The predicted molar refractivity (Wildman–Crippen MR) is 280 cm³/mol. The molecule has 1 aliphatic carbocycles. The molecule has 0 atom stereocenters. The number of thiophene rings is 1. The molecule has 0 saturated carbocycles. The van der Waals surface area contributed by atoms with Crippen LogP contribution >= 0.6 is 11.3 Å². The SMILES string of the molecule is Cc1cc2c3c(c1)N(c1ccc(C(C)(C)C)cc1)c1c(sc4ccc(C(C)C)cc14)B3c1cc3c(cc1N2c1c(-c2ccccc2)cccc1-c1ccccc1)C(C)(C)CCC3(C)C. The lowest BCUT2D eigenvalue weighted by Gasteiger charge is -2.47. The van der Waals surface area contributed by atoms with Crippen molar-refractivity contribution in [3.63, 3.8) is 0 Å². The van der Waals surface area contributed by atoms with Crippen molar-refractivity contribution in [2.75, 3.05) is 9.80 Å². The highest BCUT2D eigenvalue weighted by Gasteiger charge is 2.48. The van der Waals surface area contributed by atoms with Gasteiger partial charge in [0.05, 0.1) is 11.4 Å². The number of rotatable bonds is 5. The number of nitrogens with zero attached hydrogens (tertiary/aromatic N) is 2. The molecule has 0 spiro atoms. The van der Waals surface area contributed by atoms with Gasteiger partial charge in [-0.1, -0.05) is 165 Å². The van der Waals surface area contributed by atoms with E-state index < -0.39 is 0 Å². The van der Waals surface area contributed by atoms with Crippen molar-refractivity contribution < 1.29 is 0 Å². The molecule has 1 aromatic heterocycles. The van der Waals surface area contributed by atoms with E-state index in [1.165, 1.54) is 116 Å². The molecule has 4 heteroatoms. The van der Waals surface area contributed by atoms with E-state index in [-0.39, 0.29) is 23.0 Å². The third-order valence-electron chi connectivity index (χ3n) is 14.9. The van der Waals surface area contributed by atoms with E-state index in [2.05, 4.69) is 225 Å². The van der Waals surface area contributed by atoms with E-state index in [9.17, 15) is 0 Å². The maximum absolute atomic E-state index is 2.70. The van der Waals surface area contributed by atoms with E-state index in [4.69, 9.17) is 0 Å². The maximum atomic E-state index is 2.70. The first-order valence-electron chi connectivity index (χ1n) is 23.5. The number of benzene rings is 7. The molecule has 0 bridgehead atoms. The van der Waals surface area contributed by atoms with Crippen molar-refractivity contribution in [2.45, 2.75) is 104 Å². The third kappa shape index (κ3) is 6.34. The summed E-state index contributed by atoms with van der Waals surface area (Å²) >= 11 is 2.01. The number of fused-ring (bicyclic) bond motifs is 7. The normalized spacial score (nSPS) is 15.8. The zero-order chi connectivity index (χ0) is 44.4. The maximum Gasteiger partial charge on any atom is 0.264 e.